The van der Waals surface area contributed by atoms with E-state index in [-0.39, 0.29) is 6.10 Å². The molecule has 1 saturated heterocycles. The SMILES string of the molecule is CCCCCCCCCCCCCCCCOCC(COCCCC[N+]1(C)CCOCC1)OCc1ccccc1. The normalized spacial score (nSPS) is 15.8. The summed E-state index contributed by atoms with van der Waals surface area (Å²) in [7, 11) is 2.35. The number of ether oxygens (including phenoxy) is 4. The monoisotopic (exact) mass is 562 g/mol. The maximum absolute atomic E-state index is 6.20. The highest BCUT2D eigenvalue weighted by Gasteiger charge is 2.24. The second kappa shape index (κ2) is 24.6. The summed E-state index contributed by atoms with van der Waals surface area (Å²) in [5.41, 5.74) is 1.20. The van der Waals surface area contributed by atoms with Crippen LogP contribution in [0.3, 0.4) is 0 Å². The van der Waals surface area contributed by atoms with Gasteiger partial charge in [0.25, 0.3) is 0 Å². The van der Waals surface area contributed by atoms with Gasteiger partial charge < -0.3 is 23.4 Å². The van der Waals surface area contributed by atoms with E-state index in [4.69, 9.17) is 18.9 Å². The highest BCUT2D eigenvalue weighted by Crippen LogP contribution is 2.14. The molecule has 0 aliphatic carbocycles. The van der Waals surface area contributed by atoms with Crippen LogP contribution >= 0.6 is 0 Å². The zero-order valence-electron chi connectivity index (χ0n) is 26.4. The standard InChI is InChI=1S/C35H64NO4/c1-3-4-5-6-7-8-9-10-11-12-13-14-15-20-27-38-32-35(40-31-34-22-17-16-18-23-34)33-39-28-21-19-24-36(2)25-29-37-30-26-36/h16-18,22-23,35H,3-15,19-21,24-33H2,1-2H3/q+1. The van der Waals surface area contributed by atoms with Crippen molar-refractivity contribution < 1.29 is 23.4 Å². The van der Waals surface area contributed by atoms with E-state index >= 15 is 0 Å². The van der Waals surface area contributed by atoms with Crippen LogP contribution in [-0.4, -0.2) is 76.9 Å². The van der Waals surface area contributed by atoms with Crippen molar-refractivity contribution in [2.75, 3.05) is 66.3 Å². The molecule has 0 N–H and O–H groups in total. The van der Waals surface area contributed by atoms with E-state index in [0.717, 1.165) is 56.8 Å². The summed E-state index contributed by atoms with van der Waals surface area (Å²) in [5.74, 6) is 0. The topological polar surface area (TPSA) is 36.9 Å². The fourth-order valence-corrected chi connectivity index (χ4v) is 5.47. The number of hydrogen-bond donors (Lipinski definition) is 0. The molecule has 232 valence electrons. The number of likely N-dealkylation sites (N-methyl/N-ethyl adjacent to an activating group) is 1. The largest absolute Gasteiger partial charge is 0.379 e. The Labute approximate surface area is 247 Å². The number of morpholine rings is 1. The van der Waals surface area contributed by atoms with Gasteiger partial charge in [0.1, 0.15) is 19.2 Å². The molecule has 40 heavy (non-hydrogen) atoms. The van der Waals surface area contributed by atoms with E-state index in [1.807, 2.05) is 6.07 Å². The van der Waals surface area contributed by atoms with Crippen molar-refractivity contribution in [3.8, 4) is 0 Å². The molecule has 5 nitrogen and oxygen atoms in total. The van der Waals surface area contributed by atoms with Crippen molar-refractivity contribution in [2.24, 2.45) is 0 Å². The summed E-state index contributed by atoms with van der Waals surface area (Å²) in [6.45, 7) is 11.0. The summed E-state index contributed by atoms with van der Waals surface area (Å²) in [6, 6.07) is 10.4. The van der Waals surface area contributed by atoms with Crippen LogP contribution in [0.1, 0.15) is 115 Å². The molecule has 0 bridgehead atoms. The Balaban J connectivity index is 1.47. The van der Waals surface area contributed by atoms with E-state index in [9.17, 15) is 0 Å². The van der Waals surface area contributed by atoms with Crippen molar-refractivity contribution >= 4 is 0 Å². The second-order valence-corrected chi connectivity index (χ2v) is 12.3. The first-order valence-corrected chi connectivity index (χ1v) is 16.9. The molecule has 1 fully saturated rings. The number of benzene rings is 1. The maximum Gasteiger partial charge on any atom is 0.105 e. The lowest BCUT2D eigenvalue weighted by Gasteiger charge is -2.37. The van der Waals surface area contributed by atoms with Gasteiger partial charge in [-0.1, -0.05) is 121 Å². The summed E-state index contributed by atoms with van der Waals surface area (Å²) < 4.78 is 25.0. The number of hydrogen-bond acceptors (Lipinski definition) is 4. The Morgan fingerprint density at radius 1 is 0.675 bits per heavy atom. The average Bonchev–Trinajstić information content (AvgIpc) is 2.97. The van der Waals surface area contributed by atoms with Crippen LogP contribution < -0.4 is 0 Å². The van der Waals surface area contributed by atoms with Gasteiger partial charge in [0.2, 0.25) is 0 Å². The second-order valence-electron chi connectivity index (χ2n) is 12.3. The zero-order valence-corrected chi connectivity index (χ0v) is 26.4. The Bertz CT molecular complexity index is 665. The minimum absolute atomic E-state index is 0.0179. The molecule has 2 rings (SSSR count). The van der Waals surface area contributed by atoms with Gasteiger partial charge in [-0.15, -0.1) is 0 Å². The van der Waals surface area contributed by atoms with Crippen molar-refractivity contribution in [1.82, 2.24) is 0 Å². The number of nitrogens with zero attached hydrogens (tertiary/aromatic N) is 1. The predicted octanol–water partition coefficient (Wildman–Crippen LogP) is 8.34. The van der Waals surface area contributed by atoms with E-state index in [2.05, 4.69) is 38.2 Å². The first-order chi connectivity index (χ1) is 19.7. The highest BCUT2D eigenvalue weighted by atomic mass is 16.6. The van der Waals surface area contributed by atoms with Crippen molar-refractivity contribution in [3.05, 3.63) is 35.9 Å². The highest BCUT2D eigenvalue weighted by molar-refractivity contribution is 5.13. The fourth-order valence-electron chi connectivity index (χ4n) is 5.47. The molecule has 0 radical (unpaired) electrons. The zero-order chi connectivity index (χ0) is 28.4. The van der Waals surface area contributed by atoms with Crippen LogP contribution in [0.4, 0.5) is 0 Å². The van der Waals surface area contributed by atoms with Gasteiger partial charge in [0.05, 0.1) is 46.6 Å². The molecule has 0 aromatic heterocycles. The predicted molar refractivity (Wildman–Crippen MR) is 168 cm³/mol. The fraction of sp³-hybridized carbons (Fsp3) is 0.829. The van der Waals surface area contributed by atoms with Crippen LogP contribution in [0.5, 0.6) is 0 Å². The van der Waals surface area contributed by atoms with Gasteiger partial charge in [0, 0.05) is 13.2 Å². The Morgan fingerprint density at radius 3 is 1.73 bits per heavy atom. The summed E-state index contributed by atoms with van der Waals surface area (Å²) in [5, 5.41) is 0. The summed E-state index contributed by atoms with van der Waals surface area (Å²) >= 11 is 0. The van der Waals surface area contributed by atoms with Crippen LogP contribution in [0, 0.1) is 0 Å². The molecule has 1 aromatic rings. The Kier molecular flexibility index (Phi) is 21.7. The molecular weight excluding hydrogens is 498 g/mol. The first kappa shape index (κ1) is 35.2. The molecule has 1 unspecified atom stereocenters. The Morgan fingerprint density at radius 2 is 1.18 bits per heavy atom. The summed E-state index contributed by atoms with van der Waals surface area (Å²) in [6.07, 6.45) is 21.6. The third kappa shape index (κ3) is 19.2. The molecule has 0 saturated carbocycles. The van der Waals surface area contributed by atoms with Gasteiger partial charge in [0.15, 0.2) is 0 Å². The van der Waals surface area contributed by atoms with Crippen LogP contribution in [0.15, 0.2) is 30.3 Å². The minimum atomic E-state index is -0.0179. The van der Waals surface area contributed by atoms with E-state index in [0.29, 0.717) is 19.8 Å². The van der Waals surface area contributed by atoms with Crippen molar-refractivity contribution in [1.29, 1.82) is 0 Å². The van der Waals surface area contributed by atoms with Gasteiger partial charge in [-0.3, -0.25) is 0 Å². The maximum atomic E-state index is 6.20. The van der Waals surface area contributed by atoms with Gasteiger partial charge in [-0.05, 0) is 24.8 Å². The number of unbranched alkanes of at least 4 members (excludes halogenated alkanes) is 14. The third-order valence-corrected chi connectivity index (χ3v) is 8.37. The molecule has 0 spiro atoms. The lowest BCUT2D eigenvalue weighted by molar-refractivity contribution is -0.917. The van der Waals surface area contributed by atoms with Crippen LogP contribution in [0.2, 0.25) is 0 Å². The van der Waals surface area contributed by atoms with Gasteiger partial charge in [-0.2, -0.15) is 0 Å². The number of quaternary nitrogens is 1. The average molecular weight is 563 g/mol. The molecule has 1 aromatic carbocycles. The lowest BCUT2D eigenvalue weighted by Crippen LogP contribution is -2.52. The van der Waals surface area contributed by atoms with E-state index < -0.39 is 0 Å². The smallest absolute Gasteiger partial charge is 0.105 e. The molecule has 1 heterocycles. The van der Waals surface area contributed by atoms with E-state index in [1.165, 1.54) is 102 Å². The molecular formula is C35H64NO4+. The number of rotatable bonds is 27. The molecule has 5 heteroatoms. The third-order valence-electron chi connectivity index (χ3n) is 8.37. The van der Waals surface area contributed by atoms with Crippen LogP contribution in [-0.2, 0) is 25.6 Å². The van der Waals surface area contributed by atoms with Gasteiger partial charge in [-0.25, -0.2) is 0 Å². The molecule has 1 aliphatic rings. The van der Waals surface area contributed by atoms with Gasteiger partial charge >= 0.3 is 0 Å². The van der Waals surface area contributed by atoms with Crippen molar-refractivity contribution in [3.63, 3.8) is 0 Å². The first-order valence-electron chi connectivity index (χ1n) is 16.9. The molecule has 1 atom stereocenters. The minimum Gasteiger partial charge on any atom is -0.379 e. The Hall–Kier alpha value is -0.980. The lowest BCUT2D eigenvalue weighted by atomic mass is 10.0. The molecule has 1 aliphatic heterocycles. The quantitative estimate of drug-likeness (QED) is 0.0798. The van der Waals surface area contributed by atoms with E-state index in [1.54, 1.807) is 0 Å². The van der Waals surface area contributed by atoms with Crippen molar-refractivity contribution in [2.45, 2.75) is 122 Å². The van der Waals surface area contributed by atoms with Crippen LogP contribution in [0.25, 0.3) is 0 Å². The molecule has 0 amide bonds. The summed E-state index contributed by atoms with van der Waals surface area (Å²) in [4.78, 5) is 0.